The number of pyridine rings is 1. The molecule has 0 saturated carbocycles. The maximum absolute atomic E-state index is 12.2. The fourth-order valence-electron chi connectivity index (χ4n) is 2.11. The molecule has 3 aromatic rings. The summed E-state index contributed by atoms with van der Waals surface area (Å²) in [6.07, 6.45) is 3.56. The van der Waals surface area contributed by atoms with Crippen molar-refractivity contribution in [1.29, 1.82) is 0 Å². The summed E-state index contributed by atoms with van der Waals surface area (Å²) in [4.78, 5) is 16.3. The van der Waals surface area contributed by atoms with Crippen LogP contribution < -0.4 is 5.32 Å². The minimum Gasteiger partial charge on any atom is -0.347 e. The van der Waals surface area contributed by atoms with Gasteiger partial charge in [-0.1, -0.05) is 35.9 Å². The van der Waals surface area contributed by atoms with Gasteiger partial charge < -0.3 is 5.32 Å². The molecule has 1 aromatic carbocycles. The molecule has 0 aliphatic heterocycles. The van der Waals surface area contributed by atoms with E-state index in [1.54, 1.807) is 16.9 Å². The van der Waals surface area contributed by atoms with E-state index in [0.717, 1.165) is 16.3 Å². The molecule has 1 N–H and O–H groups in total. The third-order valence-corrected chi connectivity index (χ3v) is 3.43. The van der Waals surface area contributed by atoms with Gasteiger partial charge in [0.05, 0.1) is 6.20 Å². The van der Waals surface area contributed by atoms with Gasteiger partial charge in [-0.15, -0.1) is 0 Å². The molecule has 2 heterocycles. The highest BCUT2D eigenvalue weighted by Crippen LogP contribution is 2.22. The summed E-state index contributed by atoms with van der Waals surface area (Å²) in [5.41, 5.74) is 1.24. The zero-order valence-electron chi connectivity index (χ0n) is 11.4. The Kier molecular flexibility index (Phi) is 3.58. The van der Waals surface area contributed by atoms with Gasteiger partial charge in [0, 0.05) is 30.7 Å². The van der Waals surface area contributed by atoms with Crippen molar-refractivity contribution in [3.05, 3.63) is 59.1 Å². The fourth-order valence-corrected chi connectivity index (χ4v) is 2.37. The maximum Gasteiger partial charge on any atom is 0.270 e. The molecule has 3 rings (SSSR count). The number of hydrogen-bond donors (Lipinski definition) is 1. The second kappa shape index (κ2) is 5.54. The zero-order chi connectivity index (χ0) is 14.8. The van der Waals surface area contributed by atoms with Gasteiger partial charge in [0.25, 0.3) is 5.91 Å². The Morgan fingerprint density at radius 3 is 2.95 bits per heavy atom. The van der Waals surface area contributed by atoms with E-state index in [2.05, 4.69) is 15.4 Å². The topological polar surface area (TPSA) is 59.8 Å². The largest absolute Gasteiger partial charge is 0.347 e. The zero-order valence-corrected chi connectivity index (χ0v) is 12.1. The van der Waals surface area contributed by atoms with E-state index in [1.165, 1.54) is 0 Å². The molecule has 1 amide bonds. The Hall–Kier alpha value is -2.40. The number of carbonyl (C=O) groups is 1. The van der Waals surface area contributed by atoms with Crippen LogP contribution >= 0.6 is 11.6 Å². The number of nitrogens with zero attached hydrogens (tertiary/aromatic N) is 3. The van der Waals surface area contributed by atoms with Gasteiger partial charge in [-0.05, 0) is 11.5 Å². The molecule has 0 atom stereocenters. The molecular weight excluding hydrogens is 288 g/mol. The lowest BCUT2D eigenvalue weighted by atomic mass is 10.1. The summed E-state index contributed by atoms with van der Waals surface area (Å²) >= 11 is 6.12. The number of hydrogen-bond acceptors (Lipinski definition) is 3. The molecule has 2 aromatic heterocycles. The minimum absolute atomic E-state index is 0.258. The Morgan fingerprint density at radius 2 is 2.19 bits per heavy atom. The average Bonchev–Trinajstić information content (AvgIpc) is 2.90. The van der Waals surface area contributed by atoms with Crippen LogP contribution in [0.4, 0.5) is 0 Å². The van der Waals surface area contributed by atoms with Gasteiger partial charge in [-0.25, -0.2) is 4.98 Å². The van der Waals surface area contributed by atoms with E-state index in [1.807, 2.05) is 37.5 Å². The van der Waals surface area contributed by atoms with Gasteiger partial charge in [0.15, 0.2) is 0 Å². The Balaban J connectivity index is 1.81. The number of nitrogens with one attached hydrogen (secondary N) is 1. The first-order chi connectivity index (χ1) is 10.1. The molecule has 0 radical (unpaired) electrons. The third-order valence-electron chi connectivity index (χ3n) is 3.14. The number of aryl methyl sites for hydroxylation is 1. The van der Waals surface area contributed by atoms with Gasteiger partial charge in [0.1, 0.15) is 10.8 Å². The number of amides is 1. The van der Waals surface area contributed by atoms with Crippen LogP contribution in [0.15, 0.2) is 42.7 Å². The summed E-state index contributed by atoms with van der Waals surface area (Å²) < 4.78 is 1.69. The van der Waals surface area contributed by atoms with Crippen LogP contribution in [0.5, 0.6) is 0 Å². The normalized spacial score (nSPS) is 10.8. The number of fused-ring (bicyclic) bond motifs is 1. The number of halogens is 1. The van der Waals surface area contributed by atoms with Crippen molar-refractivity contribution in [2.75, 3.05) is 0 Å². The number of rotatable bonds is 3. The Labute approximate surface area is 126 Å². The molecule has 0 fully saturated rings. The lowest BCUT2D eigenvalue weighted by molar-refractivity contribution is 0.0946. The molecule has 0 aliphatic carbocycles. The molecule has 106 valence electrons. The first-order valence-electron chi connectivity index (χ1n) is 6.44. The van der Waals surface area contributed by atoms with E-state index >= 15 is 0 Å². The van der Waals surface area contributed by atoms with Gasteiger partial charge in [0.2, 0.25) is 0 Å². The van der Waals surface area contributed by atoms with E-state index in [0.29, 0.717) is 17.4 Å². The van der Waals surface area contributed by atoms with Crippen molar-refractivity contribution in [3.63, 3.8) is 0 Å². The predicted octanol–water partition coefficient (Wildman–Crippen LogP) is 2.55. The van der Waals surface area contributed by atoms with Gasteiger partial charge >= 0.3 is 0 Å². The number of carbonyl (C=O) groups excluding carboxylic acids is 1. The van der Waals surface area contributed by atoms with Crippen molar-refractivity contribution in [3.8, 4) is 0 Å². The summed E-state index contributed by atoms with van der Waals surface area (Å²) in [5, 5.41) is 8.92. The van der Waals surface area contributed by atoms with Crippen molar-refractivity contribution in [2.24, 2.45) is 7.05 Å². The second-order valence-corrected chi connectivity index (χ2v) is 5.08. The molecule has 5 nitrogen and oxygen atoms in total. The predicted molar refractivity (Wildman–Crippen MR) is 81.1 cm³/mol. The van der Waals surface area contributed by atoms with Gasteiger partial charge in [-0.3, -0.25) is 9.48 Å². The lowest BCUT2D eigenvalue weighted by Gasteiger charge is -2.06. The third kappa shape index (κ3) is 2.87. The van der Waals surface area contributed by atoms with Crippen LogP contribution in [0.2, 0.25) is 5.15 Å². The monoisotopic (exact) mass is 300 g/mol. The van der Waals surface area contributed by atoms with Crippen LogP contribution in [-0.2, 0) is 13.6 Å². The quantitative estimate of drug-likeness (QED) is 0.756. The average molecular weight is 301 g/mol. The minimum atomic E-state index is -0.258. The summed E-state index contributed by atoms with van der Waals surface area (Å²) in [6, 6.07) is 9.30. The van der Waals surface area contributed by atoms with Crippen molar-refractivity contribution in [2.45, 2.75) is 6.54 Å². The highest BCUT2D eigenvalue weighted by Gasteiger charge is 2.11. The summed E-state index contributed by atoms with van der Waals surface area (Å²) in [6.45, 7) is 0.402. The van der Waals surface area contributed by atoms with Crippen molar-refractivity contribution in [1.82, 2.24) is 20.1 Å². The maximum atomic E-state index is 12.2. The fraction of sp³-hybridized carbons (Fsp3) is 0.133. The van der Waals surface area contributed by atoms with Crippen LogP contribution in [-0.4, -0.2) is 20.7 Å². The van der Waals surface area contributed by atoms with E-state index in [4.69, 9.17) is 11.6 Å². The van der Waals surface area contributed by atoms with Crippen molar-refractivity contribution >= 4 is 28.3 Å². The summed E-state index contributed by atoms with van der Waals surface area (Å²) in [7, 11) is 1.83. The molecule has 21 heavy (non-hydrogen) atoms. The molecular formula is C15H13ClN4O. The molecule has 0 bridgehead atoms. The highest BCUT2D eigenvalue weighted by atomic mass is 35.5. The molecule has 0 aliphatic rings. The van der Waals surface area contributed by atoms with E-state index in [-0.39, 0.29) is 5.91 Å². The summed E-state index contributed by atoms with van der Waals surface area (Å²) in [5.74, 6) is -0.258. The van der Waals surface area contributed by atoms with Gasteiger partial charge in [-0.2, -0.15) is 5.10 Å². The lowest BCUT2D eigenvalue weighted by Crippen LogP contribution is -2.23. The molecule has 0 saturated heterocycles. The smallest absolute Gasteiger partial charge is 0.270 e. The molecule has 0 spiro atoms. The SMILES string of the molecule is Cn1cc(CNC(=O)c2cc3ccccc3c(Cl)n2)cn1. The Morgan fingerprint density at radius 1 is 1.38 bits per heavy atom. The van der Waals surface area contributed by atoms with E-state index < -0.39 is 0 Å². The van der Waals surface area contributed by atoms with Crippen LogP contribution in [0.1, 0.15) is 16.1 Å². The first-order valence-corrected chi connectivity index (χ1v) is 6.82. The van der Waals surface area contributed by atoms with Crippen LogP contribution in [0, 0.1) is 0 Å². The van der Waals surface area contributed by atoms with Crippen LogP contribution in [0.25, 0.3) is 10.8 Å². The number of benzene rings is 1. The standard InChI is InChI=1S/C15H13ClN4O/c1-20-9-10(8-18-20)7-17-15(21)13-6-11-4-2-3-5-12(11)14(16)19-13/h2-6,8-9H,7H2,1H3,(H,17,21). The van der Waals surface area contributed by atoms with Crippen molar-refractivity contribution < 1.29 is 4.79 Å². The Bertz CT molecular complexity index is 812. The second-order valence-electron chi connectivity index (χ2n) is 4.72. The molecule has 6 heteroatoms. The molecule has 0 unspecified atom stereocenters. The van der Waals surface area contributed by atoms with Crippen LogP contribution in [0.3, 0.4) is 0 Å². The van der Waals surface area contributed by atoms with E-state index in [9.17, 15) is 4.79 Å². The number of aromatic nitrogens is 3. The first kappa shape index (κ1) is 13.6. The highest BCUT2D eigenvalue weighted by molar-refractivity contribution is 6.34.